The Morgan fingerprint density at radius 1 is 1.22 bits per heavy atom. The molecular weight excluding hydrogens is 290 g/mol. The largest absolute Gasteiger partial charge is 0.349 e. The first-order valence-electron chi connectivity index (χ1n) is 6.23. The molecule has 1 amide bonds. The predicted molar refractivity (Wildman–Crippen MR) is 76.8 cm³/mol. The Labute approximate surface area is 115 Å². The number of nitrogens with one attached hydrogen (secondary N) is 1. The van der Waals surface area contributed by atoms with Crippen LogP contribution in [0.1, 0.15) is 29.6 Å². The second-order valence-corrected chi connectivity index (χ2v) is 5.63. The van der Waals surface area contributed by atoms with Gasteiger partial charge in [0.1, 0.15) is 0 Å². The van der Waals surface area contributed by atoms with E-state index in [2.05, 4.69) is 21.2 Å². The fourth-order valence-electron chi connectivity index (χ4n) is 2.21. The minimum absolute atomic E-state index is 0.0431. The summed E-state index contributed by atoms with van der Waals surface area (Å²) in [7, 11) is 0. The molecule has 18 heavy (non-hydrogen) atoms. The molecule has 1 aliphatic rings. The molecule has 0 heterocycles. The SMILES string of the molecule is O=C(NC1CCC1)c1ccc2c(Br)cccc2c1. The maximum absolute atomic E-state index is 12.1. The van der Waals surface area contributed by atoms with Gasteiger partial charge in [-0.2, -0.15) is 0 Å². The number of fused-ring (bicyclic) bond motifs is 1. The highest BCUT2D eigenvalue weighted by molar-refractivity contribution is 9.10. The van der Waals surface area contributed by atoms with Gasteiger partial charge in [0.05, 0.1) is 0 Å². The van der Waals surface area contributed by atoms with Crippen LogP contribution in [-0.2, 0) is 0 Å². The second kappa shape index (κ2) is 4.73. The fourth-order valence-corrected chi connectivity index (χ4v) is 2.72. The highest BCUT2D eigenvalue weighted by Crippen LogP contribution is 2.25. The third kappa shape index (κ3) is 2.15. The zero-order valence-electron chi connectivity index (χ0n) is 9.95. The molecule has 0 bridgehead atoms. The Kier molecular flexibility index (Phi) is 3.08. The van der Waals surface area contributed by atoms with Gasteiger partial charge in [0, 0.05) is 16.1 Å². The van der Waals surface area contributed by atoms with Crippen LogP contribution >= 0.6 is 15.9 Å². The van der Waals surface area contributed by atoms with Crippen LogP contribution in [0, 0.1) is 0 Å². The van der Waals surface area contributed by atoms with Crippen LogP contribution in [0.2, 0.25) is 0 Å². The lowest BCUT2D eigenvalue weighted by Crippen LogP contribution is -2.39. The summed E-state index contributed by atoms with van der Waals surface area (Å²) in [6, 6.07) is 12.2. The quantitative estimate of drug-likeness (QED) is 0.896. The molecule has 1 fully saturated rings. The topological polar surface area (TPSA) is 29.1 Å². The summed E-state index contributed by atoms with van der Waals surface area (Å²) in [6.45, 7) is 0. The van der Waals surface area contributed by atoms with Gasteiger partial charge >= 0.3 is 0 Å². The number of hydrogen-bond acceptors (Lipinski definition) is 1. The van der Waals surface area contributed by atoms with Crippen LogP contribution in [0.3, 0.4) is 0 Å². The van der Waals surface area contributed by atoms with E-state index in [9.17, 15) is 4.79 Å². The Balaban J connectivity index is 1.90. The molecule has 3 heteroatoms. The van der Waals surface area contributed by atoms with Crippen molar-refractivity contribution in [2.24, 2.45) is 0 Å². The van der Waals surface area contributed by atoms with Crippen molar-refractivity contribution in [1.29, 1.82) is 0 Å². The number of carbonyl (C=O) groups is 1. The molecule has 1 aliphatic carbocycles. The standard InChI is InChI=1S/C15H14BrNO/c16-14-6-1-3-10-9-11(7-8-13(10)14)15(18)17-12-4-2-5-12/h1,3,6-9,12H,2,4-5H2,(H,17,18). The summed E-state index contributed by atoms with van der Waals surface area (Å²) in [5.74, 6) is 0.0431. The normalized spacial score (nSPS) is 15.4. The zero-order chi connectivity index (χ0) is 12.5. The Morgan fingerprint density at radius 2 is 2.06 bits per heavy atom. The van der Waals surface area contributed by atoms with Crippen molar-refractivity contribution in [3.05, 3.63) is 46.4 Å². The fraction of sp³-hybridized carbons (Fsp3) is 0.267. The van der Waals surface area contributed by atoms with Crippen LogP contribution < -0.4 is 5.32 Å². The number of hydrogen-bond donors (Lipinski definition) is 1. The van der Waals surface area contributed by atoms with E-state index in [1.54, 1.807) is 0 Å². The minimum atomic E-state index is 0.0431. The Morgan fingerprint density at radius 3 is 2.78 bits per heavy atom. The minimum Gasteiger partial charge on any atom is -0.349 e. The van der Waals surface area contributed by atoms with Crippen molar-refractivity contribution in [1.82, 2.24) is 5.32 Å². The summed E-state index contributed by atoms with van der Waals surface area (Å²) in [5, 5.41) is 5.29. The van der Waals surface area contributed by atoms with Gasteiger partial charge in [-0.3, -0.25) is 4.79 Å². The molecular formula is C15H14BrNO. The molecule has 92 valence electrons. The molecule has 2 nitrogen and oxygen atoms in total. The van der Waals surface area contributed by atoms with E-state index in [-0.39, 0.29) is 5.91 Å². The molecule has 0 unspecified atom stereocenters. The smallest absolute Gasteiger partial charge is 0.251 e. The van der Waals surface area contributed by atoms with Crippen LogP contribution in [-0.4, -0.2) is 11.9 Å². The van der Waals surface area contributed by atoms with Crippen molar-refractivity contribution in [3.8, 4) is 0 Å². The molecule has 0 aliphatic heterocycles. The number of amides is 1. The summed E-state index contributed by atoms with van der Waals surface area (Å²) >= 11 is 3.52. The number of halogens is 1. The van der Waals surface area contributed by atoms with E-state index in [0.717, 1.165) is 33.7 Å². The lowest BCUT2D eigenvalue weighted by molar-refractivity contribution is 0.0917. The van der Waals surface area contributed by atoms with E-state index < -0.39 is 0 Å². The van der Waals surface area contributed by atoms with Crippen molar-refractivity contribution < 1.29 is 4.79 Å². The molecule has 0 aromatic heterocycles. The maximum atomic E-state index is 12.1. The summed E-state index contributed by atoms with van der Waals surface area (Å²) in [6.07, 6.45) is 3.46. The van der Waals surface area contributed by atoms with E-state index in [4.69, 9.17) is 0 Å². The van der Waals surface area contributed by atoms with Crippen molar-refractivity contribution in [2.75, 3.05) is 0 Å². The van der Waals surface area contributed by atoms with Gasteiger partial charge in [-0.15, -0.1) is 0 Å². The van der Waals surface area contributed by atoms with E-state index in [1.165, 1.54) is 6.42 Å². The monoisotopic (exact) mass is 303 g/mol. The molecule has 1 N–H and O–H groups in total. The van der Waals surface area contributed by atoms with Gasteiger partial charge in [-0.25, -0.2) is 0 Å². The van der Waals surface area contributed by atoms with Gasteiger partial charge in [0.25, 0.3) is 5.91 Å². The third-order valence-corrected chi connectivity index (χ3v) is 4.22. The van der Waals surface area contributed by atoms with Crippen LogP contribution in [0.15, 0.2) is 40.9 Å². The lowest BCUT2D eigenvalue weighted by Gasteiger charge is -2.26. The first-order valence-corrected chi connectivity index (χ1v) is 7.02. The van der Waals surface area contributed by atoms with Gasteiger partial charge < -0.3 is 5.32 Å². The Hall–Kier alpha value is -1.35. The van der Waals surface area contributed by atoms with E-state index in [1.807, 2.05) is 36.4 Å². The highest BCUT2D eigenvalue weighted by Gasteiger charge is 2.20. The average Bonchev–Trinajstić information content (AvgIpc) is 2.33. The molecule has 2 aromatic rings. The molecule has 0 radical (unpaired) electrons. The molecule has 0 spiro atoms. The summed E-state index contributed by atoms with van der Waals surface area (Å²) < 4.78 is 1.06. The van der Waals surface area contributed by atoms with Crippen LogP contribution in [0.4, 0.5) is 0 Å². The molecule has 0 saturated heterocycles. The van der Waals surface area contributed by atoms with Gasteiger partial charge in [-0.05, 0) is 48.2 Å². The second-order valence-electron chi connectivity index (χ2n) is 4.78. The molecule has 2 aromatic carbocycles. The molecule has 0 atom stereocenters. The Bertz CT molecular complexity index is 604. The van der Waals surface area contributed by atoms with Crippen LogP contribution in [0.25, 0.3) is 10.8 Å². The first kappa shape index (κ1) is 11.7. The van der Waals surface area contributed by atoms with E-state index >= 15 is 0 Å². The highest BCUT2D eigenvalue weighted by atomic mass is 79.9. The average molecular weight is 304 g/mol. The van der Waals surface area contributed by atoms with Gasteiger partial charge in [-0.1, -0.05) is 34.1 Å². The maximum Gasteiger partial charge on any atom is 0.251 e. The summed E-state index contributed by atoms with van der Waals surface area (Å²) in [4.78, 5) is 12.1. The van der Waals surface area contributed by atoms with Crippen molar-refractivity contribution in [2.45, 2.75) is 25.3 Å². The van der Waals surface area contributed by atoms with E-state index in [0.29, 0.717) is 6.04 Å². The third-order valence-electron chi connectivity index (χ3n) is 3.53. The number of rotatable bonds is 2. The van der Waals surface area contributed by atoms with Crippen molar-refractivity contribution >= 4 is 32.6 Å². The van der Waals surface area contributed by atoms with Gasteiger partial charge in [0.15, 0.2) is 0 Å². The number of benzene rings is 2. The lowest BCUT2D eigenvalue weighted by atomic mass is 9.93. The van der Waals surface area contributed by atoms with Crippen LogP contribution in [0.5, 0.6) is 0 Å². The summed E-state index contributed by atoms with van der Waals surface area (Å²) in [5.41, 5.74) is 0.743. The molecule has 3 rings (SSSR count). The first-order chi connectivity index (χ1) is 8.74. The van der Waals surface area contributed by atoms with Gasteiger partial charge in [0.2, 0.25) is 0 Å². The predicted octanol–water partition coefficient (Wildman–Crippen LogP) is 3.88. The number of carbonyl (C=O) groups excluding carboxylic acids is 1. The molecule has 1 saturated carbocycles. The van der Waals surface area contributed by atoms with Crippen molar-refractivity contribution in [3.63, 3.8) is 0 Å². The zero-order valence-corrected chi connectivity index (χ0v) is 11.5.